The van der Waals surface area contributed by atoms with Crippen molar-refractivity contribution in [3.8, 4) is 0 Å². The van der Waals surface area contributed by atoms with Crippen LogP contribution in [0.25, 0.3) is 5.57 Å². The first-order valence-electron chi connectivity index (χ1n) is 12.6. The van der Waals surface area contributed by atoms with Crippen molar-refractivity contribution in [1.29, 1.82) is 0 Å². The molecule has 0 aliphatic heterocycles. The molecular weight excluding hydrogens is 513 g/mol. The van der Waals surface area contributed by atoms with E-state index < -0.39 is 18.5 Å². The molecule has 0 amide bonds. The van der Waals surface area contributed by atoms with Gasteiger partial charge < -0.3 is 10.4 Å². The van der Waals surface area contributed by atoms with E-state index in [0.29, 0.717) is 25.0 Å². The molecule has 6 nitrogen and oxygen atoms in total. The van der Waals surface area contributed by atoms with Crippen molar-refractivity contribution in [3.63, 3.8) is 0 Å². The normalized spacial score (nSPS) is 14.8. The summed E-state index contributed by atoms with van der Waals surface area (Å²) in [5.74, 6) is -0.295. The third-order valence-corrected chi connectivity index (χ3v) is 7.43. The molecule has 38 heavy (non-hydrogen) atoms. The number of nitrogens with one attached hydrogen (secondary N) is 1. The van der Waals surface area contributed by atoms with Gasteiger partial charge in [-0.2, -0.15) is 13.2 Å². The van der Waals surface area contributed by atoms with E-state index in [0.717, 1.165) is 34.1 Å². The van der Waals surface area contributed by atoms with Crippen LogP contribution in [0.4, 0.5) is 19.1 Å². The summed E-state index contributed by atoms with van der Waals surface area (Å²) in [5, 5.41) is 13.1. The van der Waals surface area contributed by atoms with Gasteiger partial charge in [-0.1, -0.05) is 53.3 Å². The van der Waals surface area contributed by atoms with Crippen LogP contribution in [0.3, 0.4) is 0 Å². The minimum absolute atomic E-state index is 0.120. The fraction of sp³-hybridized carbons (Fsp3) is 0.500. The number of nitrogens with zero attached hydrogens (tertiary/aromatic N) is 3. The van der Waals surface area contributed by atoms with Crippen LogP contribution in [0.1, 0.15) is 81.8 Å². The van der Waals surface area contributed by atoms with E-state index in [1.54, 1.807) is 18.3 Å². The Morgan fingerprint density at radius 2 is 1.95 bits per heavy atom. The van der Waals surface area contributed by atoms with Crippen molar-refractivity contribution in [3.05, 3.63) is 64.5 Å². The molecule has 2 rings (SSSR count). The molecule has 2 aromatic rings. The molecule has 0 unspecified atom stereocenters. The average Bonchev–Trinajstić information content (AvgIpc) is 3.35. The van der Waals surface area contributed by atoms with E-state index in [1.807, 2.05) is 19.9 Å². The monoisotopic (exact) mass is 550 g/mol. The van der Waals surface area contributed by atoms with Crippen LogP contribution in [-0.2, 0) is 11.0 Å². The summed E-state index contributed by atoms with van der Waals surface area (Å²) >= 11 is 1.53. The molecule has 0 aliphatic carbocycles. The van der Waals surface area contributed by atoms with Crippen LogP contribution in [0.15, 0.2) is 49.0 Å². The highest BCUT2D eigenvalue weighted by Crippen LogP contribution is 2.39. The van der Waals surface area contributed by atoms with Crippen molar-refractivity contribution in [1.82, 2.24) is 15.0 Å². The number of rotatable bonds is 14. The van der Waals surface area contributed by atoms with Crippen LogP contribution in [0.5, 0.6) is 0 Å². The third-order valence-electron chi connectivity index (χ3n) is 6.15. The molecule has 208 valence electrons. The number of Topliss-reactive ketones (excluding diaryl/α,β-unsaturated/α-hetero) is 1. The SMILES string of the molecule is C=C/C(=C\C(=C/CC)Nc1nccc(C(F)(F)F)n1)c1cnc([C@H](C)CC(C)(C)C[C@H](CC)C(=O)CO)s1. The molecule has 2 heterocycles. The fourth-order valence-electron chi connectivity index (χ4n) is 4.40. The Bertz CT molecular complexity index is 1150. The molecule has 0 aromatic carbocycles. The van der Waals surface area contributed by atoms with Crippen LogP contribution in [0, 0.1) is 11.3 Å². The van der Waals surface area contributed by atoms with Gasteiger partial charge in [0.25, 0.3) is 0 Å². The zero-order chi connectivity index (χ0) is 28.5. The summed E-state index contributed by atoms with van der Waals surface area (Å²) in [5.41, 5.74) is 0.164. The molecule has 0 bridgehead atoms. The number of aromatic nitrogens is 3. The molecule has 0 fully saturated rings. The number of allylic oxidation sites excluding steroid dienone is 4. The number of halogens is 3. The topological polar surface area (TPSA) is 88.0 Å². The molecule has 2 atom stereocenters. The van der Waals surface area contributed by atoms with E-state index in [9.17, 15) is 23.1 Å². The third kappa shape index (κ3) is 9.16. The molecule has 10 heteroatoms. The molecule has 0 saturated carbocycles. The molecule has 0 spiro atoms. The second kappa shape index (κ2) is 13.8. The van der Waals surface area contributed by atoms with Crippen LogP contribution >= 0.6 is 11.3 Å². The number of anilines is 1. The highest BCUT2D eigenvalue weighted by molar-refractivity contribution is 7.12. The van der Waals surface area contributed by atoms with Gasteiger partial charge in [-0.25, -0.2) is 15.0 Å². The van der Waals surface area contributed by atoms with Gasteiger partial charge in [0.05, 0.1) is 9.88 Å². The largest absolute Gasteiger partial charge is 0.433 e. The molecule has 0 radical (unpaired) electrons. The van der Waals surface area contributed by atoms with Crippen LogP contribution in [0.2, 0.25) is 0 Å². The van der Waals surface area contributed by atoms with Crippen molar-refractivity contribution < 1.29 is 23.1 Å². The van der Waals surface area contributed by atoms with Gasteiger partial charge in [0.15, 0.2) is 5.78 Å². The number of hydrogen-bond acceptors (Lipinski definition) is 7. The summed E-state index contributed by atoms with van der Waals surface area (Å²) in [6, 6.07) is 0.827. The number of ketones is 1. The quantitative estimate of drug-likeness (QED) is 0.238. The number of aliphatic hydroxyl groups is 1. The maximum atomic E-state index is 13.1. The van der Waals surface area contributed by atoms with Crippen molar-refractivity contribution >= 4 is 28.6 Å². The van der Waals surface area contributed by atoms with Gasteiger partial charge in [0, 0.05) is 29.9 Å². The first kappa shape index (κ1) is 31.4. The van der Waals surface area contributed by atoms with Gasteiger partial charge in [-0.15, -0.1) is 11.3 Å². The Morgan fingerprint density at radius 3 is 2.53 bits per heavy atom. The first-order chi connectivity index (χ1) is 17.8. The maximum Gasteiger partial charge on any atom is 0.433 e. The molecule has 2 aromatic heterocycles. The summed E-state index contributed by atoms with van der Waals surface area (Å²) in [6.07, 6.45) is 6.42. The summed E-state index contributed by atoms with van der Waals surface area (Å²) in [7, 11) is 0. The average molecular weight is 551 g/mol. The Morgan fingerprint density at radius 1 is 1.24 bits per heavy atom. The lowest BCUT2D eigenvalue weighted by Gasteiger charge is -2.30. The Hall–Kier alpha value is -2.85. The van der Waals surface area contributed by atoms with Gasteiger partial charge in [-0.3, -0.25) is 4.79 Å². The second-order valence-corrected chi connectivity index (χ2v) is 11.1. The number of hydrogen-bond donors (Lipinski definition) is 2. The van der Waals surface area contributed by atoms with Crippen LogP contribution in [-0.4, -0.2) is 32.4 Å². The number of alkyl halides is 3. The van der Waals surface area contributed by atoms with Crippen molar-refractivity contribution in [2.24, 2.45) is 11.3 Å². The Kier molecular flexibility index (Phi) is 11.4. The lowest BCUT2D eigenvalue weighted by atomic mass is 9.75. The van der Waals surface area contributed by atoms with Gasteiger partial charge >= 0.3 is 6.18 Å². The van der Waals surface area contributed by atoms with Gasteiger partial charge in [-0.05, 0) is 48.8 Å². The van der Waals surface area contributed by atoms with Crippen molar-refractivity contribution in [2.75, 3.05) is 11.9 Å². The van der Waals surface area contributed by atoms with Gasteiger partial charge in [0.2, 0.25) is 5.95 Å². The van der Waals surface area contributed by atoms with E-state index in [2.05, 4.69) is 47.6 Å². The summed E-state index contributed by atoms with van der Waals surface area (Å²) < 4.78 is 39.2. The Balaban J connectivity index is 2.22. The maximum absolute atomic E-state index is 13.1. The number of carbonyl (C=O) groups is 1. The number of carbonyl (C=O) groups excluding carboxylic acids is 1. The number of aliphatic hydroxyl groups excluding tert-OH is 1. The predicted molar refractivity (Wildman–Crippen MR) is 147 cm³/mol. The number of thiazole rings is 1. The molecule has 0 saturated heterocycles. The molecule has 0 aliphatic rings. The van der Waals surface area contributed by atoms with Gasteiger partial charge in [0.1, 0.15) is 12.3 Å². The van der Waals surface area contributed by atoms with E-state index in [4.69, 9.17) is 0 Å². The minimum Gasteiger partial charge on any atom is -0.389 e. The standard InChI is InChI=1S/C28H37F3N4O2S/c1-7-10-21(34-26-32-12-11-24(35-26)28(29,30)31)13-19(8-2)23-16-33-25(38-23)18(4)14-27(5,6)15-20(9-3)22(37)17-36/h8,10-13,16,18,20,36H,2,7,9,14-15,17H2,1,3-6H3,(H,32,34,35)/b19-13+,21-10+/t18-,20+/m1/s1. The zero-order valence-electron chi connectivity index (χ0n) is 22.6. The second-order valence-electron chi connectivity index (χ2n) is 10.0. The summed E-state index contributed by atoms with van der Waals surface area (Å²) in [4.78, 5) is 25.1. The van der Waals surface area contributed by atoms with Crippen molar-refractivity contribution in [2.45, 2.75) is 72.4 Å². The van der Waals surface area contributed by atoms with E-state index in [-0.39, 0.29) is 29.0 Å². The zero-order valence-corrected chi connectivity index (χ0v) is 23.4. The fourth-order valence-corrected chi connectivity index (χ4v) is 5.38. The summed E-state index contributed by atoms with van der Waals surface area (Å²) in [6.45, 7) is 13.7. The lowest BCUT2D eigenvalue weighted by molar-refractivity contribution is -0.141. The predicted octanol–water partition coefficient (Wildman–Crippen LogP) is 7.42. The Labute approximate surface area is 226 Å². The van der Waals surface area contributed by atoms with E-state index in [1.165, 1.54) is 11.3 Å². The molecular formula is C28H37F3N4O2S. The smallest absolute Gasteiger partial charge is 0.389 e. The minimum atomic E-state index is -4.56. The highest BCUT2D eigenvalue weighted by Gasteiger charge is 2.33. The molecule has 2 N–H and O–H groups in total. The van der Waals surface area contributed by atoms with E-state index >= 15 is 0 Å². The first-order valence-corrected chi connectivity index (χ1v) is 13.5. The highest BCUT2D eigenvalue weighted by atomic mass is 32.1. The van der Waals surface area contributed by atoms with Crippen LogP contribution < -0.4 is 5.32 Å². The lowest BCUT2D eigenvalue weighted by Crippen LogP contribution is -2.26.